The SMILES string of the molecule is CC1CN(C(=O)c2ccnc(N)c2F)C(C)CO1. The monoisotopic (exact) mass is 253 g/mol. The first-order chi connectivity index (χ1) is 8.50. The lowest BCUT2D eigenvalue weighted by molar-refractivity contribution is -0.0388. The van der Waals surface area contributed by atoms with E-state index in [1.54, 1.807) is 4.90 Å². The molecule has 2 atom stereocenters. The molecule has 0 spiro atoms. The van der Waals surface area contributed by atoms with Crippen LogP contribution in [0.1, 0.15) is 24.2 Å². The van der Waals surface area contributed by atoms with Crippen LogP contribution in [0.3, 0.4) is 0 Å². The molecular weight excluding hydrogens is 237 g/mol. The number of anilines is 1. The molecule has 1 aliphatic rings. The van der Waals surface area contributed by atoms with Gasteiger partial charge >= 0.3 is 0 Å². The van der Waals surface area contributed by atoms with Crippen LogP contribution in [-0.4, -0.2) is 41.1 Å². The third-order valence-electron chi connectivity index (χ3n) is 3.02. The van der Waals surface area contributed by atoms with Gasteiger partial charge in [0.1, 0.15) is 0 Å². The Balaban J connectivity index is 2.27. The highest BCUT2D eigenvalue weighted by atomic mass is 19.1. The predicted molar refractivity (Wildman–Crippen MR) is 64.5 cm³/mol. The number of nitrogens with zero attached hydrogens (tertiary/aromatic N) is 2. The summed E-state index contributed by atoms with van der Waals surface area (Å²) in [6.45, 7) is 4.65. The Labute approximate surface area is 105 Å². The van der Waals surface area contributed by atoms with E-state index in [4.69, 9.17) is 10.5 Å². The van der Waals surface area contributed by atoms with Gasteiger partial charge in [0.05, 0.1) is 24.3 Å². The summed E-state index contributed by atoms with van der Waals surface area (Å²) in [6.07, 6.45) is 1.28. The van der Waals surface area contributed by atoms with E-state index in [9.17, 15) is 9.18 Å². The smallest absolute Gasteiger partial charge is 0.257 e. The maximum absolute atomic E-state index is 13.8. The van der Waals surface area contributed by atoms with Crippen molar-refractivity contribution in [1.82, 2.24) is 9.88 Å². The maximum atomic E-state index is 13.8. The molecule has 0 aromatic carbocycles. The third kappa shape index (κ3) is 2.28. The number of ether oxygens (including phenoxy) is 1. The average Bonchev–Trinajstić information content (AvgIpc) is 2.35. The zero-order chi connectivity index (χ0) is 13.3. The van der Waals surface area contributed by atoms with Gasteiger partial charge in [-0.1, -0.05) is 0 Å². The minimum Gasteiger partial charge on any atom is -0.381 e. The van der Waals surface area contributed by atoms with Crippen molar-refractivity contribution in [1.29, 1.82) is 0 Å². The summed E-state index contributed by atoms with van der Waals surface area (Å²) in [7, 11) is 0. The number of halogens is 1. The highest BCUT2D eigenvalue weighted by molar-refractivity contribution is 5.95. The van der Waals surface area contributed by atoms with E-state index >= 15 is 0 Å². The molecule has 1 aromatic heterocycles. The van der Waals surface area contributed by atoms with Crippen LogP contribution >= 0.6 is 0 Å². The first kappa shape index (κ1) is 12.8. The highest BCUT2D eigenvalue weighted by Gasteiger charge is 2.30. The van der Waals surface area contributed by atoms with E-state index in [2.05, 4.69) is 4.98 Å². The lowest BCUT2D eigenvalue weighted by Gasteiger charge is -2.36. The fourth-order valence-corrected chi connectivity index (χ4v) is 1.97. The number of hydrogen-bond donors (Lipinski definition) is 1. The molecule has 2 heterocycles. The Morgan fingerprint density at radius 3 is 3.06 bits per heavy atom. The Bertz CT molecular complexity index is 467. The molecule has 0 saturated carbocycles. The number of pyridine rings is 1. The second kappa shape index (κ2) is 4.89. The van der Waals surface area contributed by atoms with E-state index in [1.165, 1.54) is 12.3 Å². The first-order valence-electron chi connectivity index (χ1n) is 5.83. The fourth-order valence-electron chi connectivity index (χ4n) is 1.97. The van der Waals surface area contributed by atoms with Gasteiger partial charge in [0.15, 0.2) is 11.6 Å². The molecule has 0 bridgehead atoms. The number of carbonyl (C=O) groups excluding carboxylic acids is 1. The molecule has 1 aromatic rings. The number of amides is 1. The number of morpholine rings is 1. The van der Waals surface area contributed by atoms with E-state index in [1.807, 2.05) is 13.8 Å². The van der Waals surface area contributed by atoms with Crippen molar-refractivity contribution >= 4 is 11.7 Å². The van der Waals surface area contributed by atoms with Gasteiger partial charge in [0.25, 0.3) is 5.91 Å². The third-order valence-corrected chi connectivity index (χ3v) is 3.02. The van der Waals surface area contributed by atoms with Crippen LogP contribution in [0.25, 0.3) is 0 Å². The summed E-state index contributed by atoms with van der Waals surface area (Å²) < 4.78 is 19.2. The van der Waals surface area contributed by atoms with E-state index in [0.717, 1.165) is 0 Å². The minimum absolute atomic E-state index is 0.0385. The summed E-state index contributed by atoms with van der Waals surface area (Å²) in [6, 6.07) is 1.27. The normalized spacial score (nSPS) is 24.1. The molecule has 1 saturated heterocycles. The Hall–Kier alpha value is -1.69. The van der Waals surface area contributed by atoms with Crippen LogP contribution < -0.4 is 5.73 Å². The molecule has 6 heteroatoms. The molecule has 0 aliphatic carbocycles. The van der Waals surface area contributed by atoms with Gasteiger partial charge in [-0.2, -0.15) is 0 Å². The van der Waals surface area contributed by atoms with Gasteiger partial charge in [-0.3, -0.25) is 4.79 Å². The number of nitrogen functional groups attached to an aromatic ring is 1. The minimum atomic E-state index is -0.756. The molecule has 18 heavy (non-hydrogen) atoms. The second-order valence-corrected chi connectivity index (χ2v) is 4.51. The standard InChI is InChI=1S/C12H16FN3O2/c1-7-6-18-8(2)5-16(7)12(17)9-3-4-15-11(14)10(9)13/h3-4,7-8H,5-6H2,1-2H3,(H2,14,15). The second-order valence-electron chi connectivity index (χ2n) is 4.51. The zero-order valence-corrected chi connectivity index (χ0v) is 10.4. The molecule has 98 valence electrons. The molecule has 2 rings (SSSR count). The Kier molecular flexibility index (Phi) is 3.47. The van der Waals surface area contributed by atoms with Crippen molar-refractivity contribution in [3.8, 4) is 0 Å². The summed E-state index contributed by atoms with van der Waals surface area (Å²) in [5.41, 5.74) is 5.33. The number of hydrogen-bond acceptors (Lipinski definition) is 4. The summed E-state index contributed by atoms with van der Waals surface area (Å²) in [5.74, 6) is -1.38. The first-order valence-corrected chi connectivity index (χ1v) is 5.83. The number of rotatable bonds is 1. The van der Waals surface area contributed by atoms with Gasteiger partial charge in [-0.05, 0) is 19.9 Å². The molecule has 5 nitrogen and oxygen atoms in total. The zero-order valence-electron chi connectivity index (χ0n) is 10.4. The topological polar surface area (TPSA) is 68.5 Å². The van der Waals surface area contributed by atoms with Crippen molar-refractivity contribution in [3.63, 3.8) is 0 Å². The lowest BCUT2D eigenvalue weighted by atomic mass is 10.1. The molecular formula is C12H16FN3O2. The molecule has 1 fully saturated rings. The van der Waals surface area contributed by atoms with Gasteiger partial charge in [-0.15, -0.1) is 0 Å². The van der Waals surface area contributed by atoms with Crippen LogP contribution in [0.5, 0.6) is 0 Å². The van der Waals surface area contributed by atoms with Gasteiger partial charge < -0.3 is 15.4 Å². The quantitative estimate of drug-likeness (QED) is 0.812. The summed E-state index contributed by atoms with van der Waals surface area (Å²) in [4.78, 5) is 17.5. The fraction of sp³-hybridized carbons (Fsp3) is 0.500. The van der Waals surface area contributed by atoms with E-state index in [0.29, 0.717) is 13.2 Å². The van der Waals surface area contributed by atoms with Crippen LogP contribution in [0.2, 0.25) is 0 Å². The van der Waals surface area contributed by atoms with Crippen LogP contribution in [0.15, 0.2) is 12.3 Å². The Morgan fingerprint density at radius 2 is 2.33 bits per heavy atom. The maximum Gasteiger partial charge on any atom is 0.257 e. The number of aromatic nitrogens is 1. The molecule has 0 radical (unpaired) electrons. The van der Waals surface area contributed by atoms with Gasteiger partial charge in [0, 0.05) is 12.7 Å². The number of nitrogens with two attached hydrogens (primary N) is 1. The molecule has 2 unspecified atom stereocenters. The molecule has 2 N–H and O–H groups in total. The average molecular weight is 253 g/mol. The summed E-state index contributed by atoms with van der Waals surface area (Å²) in [5, 5.41) is 0. The predicted octanol–water partition coefficient (Wildman–Crippen LogP) is 1.05. The Morgan fingerprint density at radius 1 is 1.61 bits per heavy atom. The van der Waals surface area contributed by atoms with Crippen molar-refractivity contribution < 1.29 is 13.9 Å². The van der Waals surface area contributed by atoms with Gasteiger partial charge in [0.2, 0.25) is 0 Å². The molecule has 1 aliphatic heterocycles. The molecule has 1 amide bonds. The van der Waals surface area contributed by atoms with Crippen molar-refractivity contribution in [2.75, 3.05) is 18.9 Å². The van der Waals surface area contributed by atoms with E-state index < -0.39 is 5.82 Å². The largest absolute Gasteiger partial charge is 0.381 e. The van der Waals surface area contributed by atoms with Crippen LogP contribution in [0.4, 0.5) is 10.2 Å². The van der Waals surface area contributed by atoms with Gasteiger partial charge in [-0.25, -0.2) is 9.37 Å². The van der Waals surface area contributed by atoms with Crippen molar-refractivity contribution in [2.24, 2.45) is 0 Å². The van der Waals surface area contributed by atoms with E-state index in [-0.39, 0.29) is 29.4 Å². The number of carbonyl (C=O) groups is 1. The highest BCUT2D eigenvalue weighted by Crippen LogP contribution is 2.19. The summed E-state index contributed by atoms with van der Waals surface area (Å²) >= 11 is 0. The van der Waals surface area contributed by atoms with Crippen molar-refractivity contribution in [2.45, 2.75) is 26.0 Å². The van der Waals surface area contributed by atoms with Crippen LogP contribution in [-0.2, 0) is 4.74 Å². The lowest BCUT2D eigenvalue weighted by Crippen LogP contribution is -2.50. The van der Waals surface area contributed by atoms with Crippen molar-refractivity contribution in [3.05, 3.63) is 23.6 Å². The van der Waals surface area contributed by atoms with Crippen LogP contribution in [0, 0.1) is 5.82 Å².